The summed E-state index contributed by atoms with van der Waals surface area (Å²) < 4.78 is 13.5. The predicted molar refractivity (Wildman–Crippen MR) is 121 cm³/mol. The van der Waals surface area contributed by atoms with Crippen molar-refractivity contribution in [1.29, 1.82) is 0 Å². The lowest BCUT2D eigenvalue weighted by molar-refractivity contribution is -0.134. The molecule has 2 aromatic heterocycles. The molecular formula is C23H23ClFN5O. The van der Waals surface area contributed by atoms with Crippen molar-refractivity contribution in [3.8, 4) is 0 Å². The monoisotopic (exact) mass is 439 g/mol. The van der Waals surface area contributed by atoms with Crippen molar-refractivity contribution in [3.63, 3.8) is 0 Å². The molecule has 8 heteroatoms. The zero-order chi connectivity index (χ0) is 21.4. The summed E-state index contributed by atoms with van der Waals surface area (Å²) in [7, 11) is 0. The summed E-state index contributed by atoms with van der Waals surface area (Å²) in [6, 6.07) is 8.50. The number of fused-ring (bicyclic) bond motifs is 1. The number of carbonyl (C=O) groups is 1. The van der Waals surface area contributed by atoms with Crippen LogP contribution < -0.4 is 10.6 Å². The molecule has 1 amide bonds. The van der Waals surface area contributed by atoms with Gasteiger partial charge in [-0.15, -0.1) is 0 Å². The predicted octanol–water partition coefficient (Wildman–Crippen LogP) is 4.32. The van der Waals surface area contributed by atoms with Gasteiger partial charge in [0.1, 0.15) is 11.5 Å². The van der Waals surface area contributed by atoms with E-state index in [2.05, 4.69) is 32.7 Å². The minimum absolute atomic E-state index is 0.0740. The number of benzene rings is 1. The Labute approximate surface area is 184 Å². The smallest absolute Gasteiger partial charge is 0.227 e. The molecule has 0 spiro atoms. The number of anilines is 2. The van der Waals surface area contributed by atoms with Crippen LogP contribution in [0.5, 0.6) is 0 Å². The molecule has 0 aliphatic carbocycles. The topological polar surface area (TPSA) is 73.1 Å². The largest absolute Gasteiger partial charge is 0.355 e. The van der Waals surface area contributed by atoms with Crippen LogP contribution in [0.1, 0.15) is 18.5 Å². The van der Waals surface area contributed by atoms with E-state index in [4.69, 9.17) is 11.6 Å². The number of halogens is 2. The Morgan fingerprint density at radius 3 is 2.94 bits per heavy atom. The van der Waals surface area contributed by atoms with E-state index in [1.165, 1.54) is 11.6 Å². The van der Waals surface area contributed by atoms with Gasteiger partial charge in [-0.05, 0) is 55.3 Å². The minimum Gasteiger partial charge on any atom is -0.355 e. The van der Waals surface area contributed by atoms with Gasteiger partial charge >= 0.3 is 0 Å². The first-order chi connectivity index (χ1) is 15.1. The first-order valence-corrected chi connectivity index (χ1v) is 10.8. The standard InChI is InChI=1S/C23H23ClFN5O/c24-18-11-16(1-2-19(18)25)28-20-4-8-27-22-17(20)12-21(29-22)14-5-9-30(10-6-14)23(31)15-3-7-26-13-15/h1-2,4-5,8,11-12,15,26H,3,6-7,9-10,13H2,(H2,27,28,29)/t15-/m0/s1. The Balaban J connectivity index is 1.36. The second-order valence-electron chi connectivity index (χ2n) is 8.01. The number of nitrogens with zero attached hydrogens (tertiary/aromatic N) is 2. The molecule has 3 N–H and O–H groups in total. The van der Waals surface area contributed by atoms with Gasteiger partial charge in [-0.3, -0.25) is 4.79 Å². The van der Waals surface area contributed by atoms with Gasteiger partial charge in [-0.2, -0.15) is 0 Å². The fraction of sp³-hybridized carbons (Fsp3) is 0.304. The van der Waals surface area contributed by atoms with Crippen LogP contribution in [0.25, 0.3) is 16.6 Å². The van der Waals surface area contributed by atoms with Gasteiger partial charge in [0.25, 0.3) is 0 Å². The minimum atomic E-state index is -0.447. The summed E-state index contributed by atoms with van der Waals surface area (Å²) in [6.45, 7) is 3.07. The van der Waals surface area contributed by atoms with Crippen LogP contribution in [0.4, 0.5) is 15.8 Å². The molecule has 3 aromatic rings. The normalized spacial score (nSPS) is 19.0. The number of amides is 1. The summed E-state index contributed by atoms with van der Waals surface area (Å²) in [5.74, 6) is -0.0825. The van der Waals surface area contributed by atoms with Crippen molar-refractivity contribution in [1.82, 2.24) is 20.2 Å². The van der Waals surface area contributed by atoms with E-state index >= 15 is 0 Å². The van der Waals surface area contributed by atoms with Crippen molar-refractivity contribution in [2.24, 2.45) is 5.92 Å². The molecule has 6 nitrogen and oxygen atoms in total. The van der Waals surface area contributed by atoms with Crippen molar-refractivity contribution >= 4 is 45.5 Å². The van der Waals surface area contributed by atoms with Gasteiger partial charge < -0.3 is 20.5 Å². The van der Waals surface area contributed by atoms with Crippen LogP contribution in [0.3, 0.4) is 0 Å². The first kappa shape index (κ1) is 20.0. The highest BCUT2D eigenvalue weighted by Gasteiger charge is 2.28. The molecule has 0 radical (unpaired) electrons. The van der Waals surface area contributed by atoms with Gasteiger partial charge in [0, 0.05) is 42.6 Å². The lowest BCUT2D eigenvalue weighted by Gasteiger charge is -2.28. The Bertz CT molecular complexity index is 1170. The molecule has 0 bridgehead atoms. The fourth-order valence-corrected chi connectivity index (χ4v) is 4.46. The summed E-state index contributed by atoms with van der Waals surface area (Å²) >= 11 is 5.91. The average molecular weight is 440 g/mol. The van der Waals surface area contributed by atoms with Gasteiger partial charge in [0.2, 0.25) is 5.91 Å². The Morgan fingerprint density at radius 1 is 1.29 bits per heavy atom. The fourth-order valence-electron chi connectivity index (χ4n) is 4.28. The molecule has 160 valence electrons. The zero-order valence-electron chi connectivity index (χ0n) is 16.9. The summed E-state index contributed by atoms with van der Waals surface area (Å²) in [5, 5.41) is 7.57. The number of nitrogens with one attached hydrogen (secondary N) is 3. The number of hydrogen-bond acceptors (Lipinski definition) is 4. The molecule has 5 rings (SSSR count). The van der Waals surface area contributed by atoms with E-state index in [9.17, 15) is 9.18 Å². The van der Waals surface area contributed by atoms with Crippen LogP contribution in [-0.4, -0.2) is 47.0 Å². The highest BCUT2D eigenvalue weighted by Crippen LogP contribution is 2.31. The van der Waals surface area contributed by atoms with E-state index in [1.54, 1.807) is 18.3 Å². The number of aromatic amines is 1. The lowest BCUT2D eigenvalue weighted by atomic mass is 10.0. The summed E-state index contributed by atoms with van der Waals surface area (Å²) in [6.07, 6.45) is 5.58. The number of H-pyrrole nitrogens is 1. The van der Waals surface area contributed by atoms with Crippen LogP contribution in [0.2, 0.25) is 5.02 Å². The van der Waals surface area contributed by atoms with E-state index in [-0.39, 0.29) is 16.8 Å². The first-order valence-electron chi connectivity index (χ1n) is 10.5. The molecule has 0 saturated carbocycles. The van der Waals surface area contributed by atoms with Gasteiger partial charge in [-0.25, -0.2) is 9.37 Å². The third-order valence-corrected chi connectivity index (χ3v) is 6.30. The van der Waals surface area contributed by atoms with E-state index in [0.29, 0.717) is 12.2 Å². The quantitative estimate of drug-likeness (QED) is 0.566. The molecule has 4 heterocycles. The second kappa shape index (κ2) is 8.32. The third-order valence-electron chi connectivity index (χ3n) is 6.01. The van der Waals surface area contributed by atoms with Crippen LogP contribution in [0, 0.1) is 11.7 Å². The maximum Gasteiger partial charge on any atom is 0.227 e. The molecule has 2 aliphatic heterocycles. The van der Waals surface area contributed by atoms with Crippen molar-refractivity contribution < 1.29 is 9.18 Å². The number of hydrogen-bond donors (Lipinski definition) is 3. The van der Waals surface area contributed by atoms with Crippen LogP contribution in [-0.2, 0) is 4.79 Å². The number of aromatic nitrogens is 2. The SMILES string of the molecule is O=C([C@H]1CCNC1)N1CC=C(c2cc3c(Nc4ccc(F)c(Cl)c4)ccnc3[nH]2)CC1. The molecule has 1 aromatic carbocycles. The number of carbonyl (C=O) groups excluding carboxylic acids is 1. The third kappa shape index (κ3) is 4.03. The molecule has 0 unspecified atom stereocenters. The molecule has 2 aliphatic rings. The Hall–Kier alpha value is -2.90. The molecular weight excluding hydrogens is 417 g/mol. The highest BCUT2D eigenvalue weighted by molar-refractivity contribution is 6.31. The second-order valence-corrected chi connectivity index (χ2v) is 8.42. The van der Waals surface area contributed by atoms with Gasteiger partial charge in [0.15, 0.2) is 0 Å². The van der Waals surface area contributed by atoms with Crippen LogP contribution >= 0.6 is 11.6 Å². The van der Waals surface area contributed by atoms with E-state index < -0.39 is 5.82 Å². The van der Waals surface area contributed by atoms with Gasteiger partial charge in [-0.1, -0.05) is 17.7 Å². The van der Waals surface area contributed by atoms with E-state index in [0.717, 1.165) is 54.9 Å². The molecule has 1 saturated heterocycles. The maximum absolute atomic E-state index is 13.5. The van der Waals surface area contributed by atoms with E-state index in [1.807, 2.05) is 11.0 Å². The zero-order valence-corrected chi connectivity index (χ0v) is 17.7. The number of pyridine rings is 1. The Morgan fingerprint density at radius 2 is 2.19 bits per heavy atom. The molecule has 31 heavy (non-hydrogen) atoms. The van der Waals surface area contributed by atoms with Gasteiger partial charge in [0.05, 0.1) is 16.6 Å². The summed E-state index contributed by atoms with van der Waals surface area (Å²) in [5.41, 5.74) is 4.52. The van der Waals surface area contributed by atoms with Crippen molar-refractivity contribution in [3.05, 3.63) is 59.1 Å². The van der Waals surface area contributed by atoms with Crippen molar-refractivity contribution in [2.45, 2.75) is 12.8 Å². The molecule has 1 fully saturated rings. The summed E-state index contributed by atoms with van der Waals surface area (Å²) in [4.78, 5) is 22.4. The maximum atomic E-state index is 13.5. The average Bonchev–Trinajstić information content (AvgIpc) is 3.47. The number of rotatable bonds is 4. The van der Waals surface area contributed by atoms with Crippen LogP contribution in [0.15, 0.2) is 42.6 Å². The highest BCUT2D eigenvalue weighted by atomic mass is 35.5. The Kier molecular flexibility index (Phi) is 5.38. The lowest BCUT2D eigenvalue weighted by Crippen LogP contribution is -2.39. The molecule has 1 atom stereocenters. The van der Waals surface area contributed by atoms with Crippen molar-refractivity contribution in [2.75, 3.05) is 31.5 Å².